The van der Waals surface area contributed by atoms with E-state index < -0.39 is 0 Å². The van der Waals surface area contributed by atoms with Crippen molar-refractivity contribution in [2.45, 2.75) is 51.9 Å². The molecule has 3 aromatic carbocycles. The molecule has 1 aromatic heterocycles. The van der Waals surface area contributed by atoms with Gasteiger partial charge in [0.05, 0.1) is 6.61 Å². The molecule has 0 atom stereocenters. The fourth-order valence-electron chi connectivity index (χ4n) is 4.40. The fraction of sp³-hybridized carbons (Fsp3) is 0.273. The van der Waals surface area contributed by atoms with Gasteiger partial charge in [-0.15, -0.1) is 0 Å². The van der Waals surface area contributed by atoms with Gasteiger partial charge in [-0.25, -0.2) is 4.98 Å². The molecule has 4 aromatic rings. The minimum absolute atomic E-state index is 0.0457. The van der Waals surface area contributed by atoms with Gasteiger partial charge >= 0.3 is 0 Å². The lowest BCUT2D eigenvalue weighted by Crippen LogP contribution is -2.13. The predicted molar refractivity (Wildman–Crippen MR) is 153 cm³/mol. The molecule has 1 amide bonds. The van der Waals surface area contributed by atoms with Crippen molar-refractivity contribution in [1.82, 2.24) is 4.98 Å². The Labute approximate surface area is 225 Å². The minimum Gasteiger partial charge on any atom is -0.504 e. The van der Waals surface area contributed by atoms with Crippen LogP contribution in [0, 0.1) is 6.92 Å². The first-order chi connectivity index (χ1) is 18.5. The molecule has 4 rings (SSSR count). The van der Waals surface area contributed by atoms with Crippen molar-refractivity contribution in [3.8, 4) is 11.5 Å². The first-order valence-electron chi connectivity index (χ1n) is 13.3. The number of phenolic OH excluding ortho intramolecular Hbond substituents is 1. The minimum atomic E-state index is -0.0457. The van der Waals surface area contributed by atoms with Gasteiger partial charge in [0.15, 0.2) is 11.5 Å². The van der Waals surface area contributed by atoms with E-state index in [1.54, 1.807) is 18.3 Å². The molecule has 0 bridgehead atoms. The van der Waals surface area contributed by atoms with Crippen LogP contribution in [0.25, 0.3) is 0 Å². The molecule has 196 valence electrons. The summed E-state index contributed by atoms with van der Waals surface area (Å²) in [4.78, 5) is 16.3. The zero-order valence-electron chi connectivity index (χ0n) is 22.0. The summed E-state index contributed by atoms with van der Waals surface area (Å²) in [5, 5.41) is 13.1. The van der Waals surface area contributed by atoms with Crippen LogP contribution in [0.2, 0.25) is 0 Å². The van der Waals surface area contributed by atoms with E-state index in [-0.39, 0.29) is 11.7 Å². The number of aromatic hydroxyl groups is 1. The van der Waals surface area contributed by atoms with Gasteiger partial charge in [-0.1, -0.05) is 66.2 Å². The first kappa shape index (κ1) is 26.9. The third kappa shape index (κ3) is 8.77. The predicted octanol–water partition coefficient (Wildman–Crippen LogP) is 7.05. The van der Waals surface area contributed by atoms with Crippen molar-refractivity contribution < 1.29 is 14.6 Å². The fourth-order valence-corrected chi connectivity index (χ4v) is 4.40. The number of aromatic nitrogens is 1. The van der Waals surface area contributed by atoms with Crippen molar-refractivity contribution in [2.75, 3.05) is 11.9 Å². The van der Waals surface area contributed by atoms with Crippen LogP contribution in [0.3, 0.4) is 0 Å². The molecule has 0 saturated carbocycles. The lowest BCUT2D eigenvalue weighted by molar-refractivity contribution is -0.116. The lowest BCUT2D eigenvalue weighted by Gasteiger charge is -2.11. The highest BCUT2D eigenvalue weighted by atomic mass is 16.5. The highest BCUT2D eigenvalue weighted by Crippen LogP contribution is 2.28. The maximum atomic E-state index is 12.2. The van der Waals surface area contributed by atoms with E-state index in [0.29, 0.717) is 31.0 Å². The number of ether oxygens (including phenoxy) is 1. The summed E-state index contributed by atoms with van der Waals surface area (Å²) in [5.41, 5.74) is 6.05. The van der Waals surface area contributed by atoms with E-state index in [0.717, 1.165) is 43.2 Å². The number of amides is 1. The maximum absolute atomic E-state index is 12.2. The van der Waals surface area contributed by atoms with Gasteiger partial charge in [0.1, 0.15) is 5.82 Å². The second-order valence-electron chi connectivity index (χ2n) is 9.71. The summed E-state index contributed by atoms with van der Waals surface area (Å²) in [7, 11) is 0. The number of rotatable bonds is 13. The second-order valence-corrected chi connectivity index (χ2v) is 9.71. The van der Waals surface area contributed by atoms with Gasteiger partial charge in [-0.3, -0.25) is 4.79 Å². The monoisotopic (exact) mass is 508 g/mol. The van der Waals surface area contributed by atoms with Gasteiger partial charge < -0.3 is 15.2 Å². The number of phenols is 1. The molecule has 0 radical (unpaired) electrons. The van der Waals surface area contributed by atoms with Crippen molar-refractivity contribution in [2.24, 2.45) is 0 Å². The maximum Gasteiger partial charge on any atom is 0.225 e. The molecule has 2 N–H and O–H groups in total. The number of nitrogens with one attached hydrogen (secondary N) is 1. The highest BCUT2D eigenvalue weighted by molar-refractivity contribution is 5.89. The Morgan fingerprint density at radius 2 is 1.63 bits per heavy atom. The molecular formula is C33H36N2O3. The molecule has 1 heterocycles. The van der Waals surface area contributed by atoms with Crippen molar-refractivity contribution >= 4 is 11.7 Å². The summed E-state index contributed by atoms with van der Waals surface area (Å²) in [6, 6.07) is 28.0. The van der Waals surface area contributed by atoms with Gasteiger partial charge in [-0.2, -0.15) is 0 Å². The summed E-state index contributed by atoms with van der Waals surface area (Å²) >= 11 is 0. The van der Waals surface area contributed by atoms with Crippen LogP contribution >= 0.6 is 0 Å². The number of hydrogen-bond acceptors (Lipinski definition) is 4. The molecule has 0 fully saturated rings. The standard InChI is InChI=1S/C33H36N2O3/c1-25-8-7-10-27(22-25)9-3-2-6-21-38-31-24-29(16-18-30(31)36)23-28-14-12-26(13-15-28)17-19-33(37)35-32-11-4-5-20-34-32/h4-5,7-8,10-16,18,20,22,24,36H,2-3,6,9,17,19,21,23H2,1H3,(H,34,35,37). The van der Waals surface area contributed by atoms with E-state index >= 15 is 0 Å². The third-order valence-electron chi connectivity index (χ3n) is 6.48. The Balaban J connectivity index is 1.19. The number of carbonyl (C=O) groups excluding carboxylic acids is 1. The average molecular weight is 509 g/mol. The molecule has 0 saturated heterocycles. The molecule has 0 aliphatic carbocycles. The Bertz CT molecular complexity index is 1300. The largest absolute Gasteiger partial charge is 0.504 e. The van der Waals surface area contributed by atoms with Crippen LogP contribution in [0.5, 0.6) is 11.5 Å². The van der Waals surface area contributed by atoms with E-state index in [4.69, 9.17) is 4.74 Å². The summed E-state index contributed by atoms with van der Waals surface area (Å²) in [6.07, 6.45) is 7.73. The number of pyridine rings is 1. The summed E-state index contributed by atoms with van der Waals surface area (Å²) < 4.78 is 5.91. The second kappa shape index (κ2) is 14.0. The Kier molecular flexibility index (Phi) is 9.91. The van der Waals surface area contributed by atoms with Crippen LogP contribution in [-0.2, 0) is 24.1 Å². The lowest BCUT2D eigenvalue weighted by atomic mass is 10.0. The number of carbonyl (C=O) groups is 1. The van der Waals surface area contributed by atoms with Gasteiger partial charge in [-0.05, 0) is 92.0 Å². The van der Waals surface area contributed by atoms with Crippen molar-refractivity contribution in [3.05, 3.63) is 119 Å². The van der Waals surface area contributed by atoms with E-state index in [2.05, 4.69) is 65.8 Å². The molecule has 38 heavy (non-hydrogen) atoms. The molecule has 0 spiro atoms. The summed E-state index contributed by atoms with van der Waals surface area (Å²) in [6.45, 7) is 2.72. The number of anilines is 1. The third-order valence-corrected chi connectivity index (χ3v) is 6.48. The SMILES string of the molecule is Cc1cccc(CCCCCOc2cc(Cc3ccc(CCC(=O)Nc4ccccn4)cc3)ccc2O)c1. The van der Waals surface area contributed by atoms with E-state index in [9.17, 15) is 9.90 Å². The molecule has 5 heteroatoms. The van der Waals surface area contributed by atoms with Crippen LogP contribution in [0.15, 0.2) is 91.1 Å². The van der Waals surface area contributed by atoms with Gasteiger partial charge in [0.25, 0.3) is 0 Å². The normalized spacial score (nSPS) is 10.8. The number of aryl methyl sites for hydroxylation is 3. The zero-order chi connectivity index (χ0) is 26.6. The zero-order valence-corrected chi connectivity index (χ0v) is 22.0. The molecule has 0 aliphatic rings. The van der Waals surface area contributed by atoms with Crippen molar-refractivity contribution in [3.63, 3.8) is 0 Å². The Morgan fingerprint density at radius 1 is 0.816 bits per heavy atom. The van der Waals surface area contributed by atoms with E-state index in [1.807, 2.05) is 24.3 Å². The molecule has 0 unspecified atom stereocenters. The van der Waals surface area contributed by atoms with Crippen LogP contribution in [-0.4, -0.2) is 22.6 Å². The van der Waals surface area contributed by atoms with E-state index in [1.165, 1.54) is 16.7 Å². The topological polar surface area (TPSA) is 71.5 Å². The number of nitrogens with zero attached hydrogens (tertiary/aromatic N) is 1. The van der Waals surface area contributed by atoms with Gasteiger partial charge in [0, 0.05) is 12.6 Å². The molecule has 5 nitrogen and oxygen atoms in total. The first-order valence-corrected chi connectivity index (χ1v) is 13.3. The highest BCUT2D eigenvalue weighted by Gasteiger charge is 2.07. The molecular weight excluding hydrogens is 472 g/mol. The number of hydrogen-bond donors (Lipinski definition) is 2. The van der Waals surface area contributed by atoms with Gasteiger partial charge in [0.2, 0.25) is 5.91 Å². The van der Waals surface area contributed by atoms with Crippen LogP contribution in [0.1, 0.15) is 53.5 Å². The van der Waals surface area contributed by atoms with Crippen molar-refractivity contribution in [1.29, 1.82) is 0 Å². The quantitative estimate of drug-likeness (QED) is 0.190. The Morgan fingerprint density at radius 3 is 2.42 bits per heavy atom. The average Bonchev–Trinajstić information content (AvgIpc) is 2.92. The van der Waals surface area contributed by atoms with Crippen LogP contribution < -0.4 is 10.1 Å². The number of unbranched alkanes of at least 4 members (excludes halogenated alkanes) is 2. The smallest absolute Gasteiger partial charge is 0.225 e. The Hall–Kier alpha value is -4.12. The van der Waals surface area contributed by atoms with Crippen LogP contribution in [0.4, 0.5) is 5.82 Å². The summed E-state index contributed by atoms with van der Waals surface area (Å²) in [5.74, 6) is 1.24. The number of benzene rings is 3. The molecule has 0 aliphatic heterocycles.